The van der Waals surface area contributed by atoms with Crippen LogP contribution in [0.5, 0.6) is 0 Å². The first-order valence-electron chi connectivity index (χ1n) is 12.1. The molecule has 6 rings (SSSR count). The van der Waals surface area contributed by atoms with Crippen LogP contribution in [0, 0.1) is 0 Å². The van der Waals surface area contributed by atoms with Gasteiger partial charge in [0.05, 0.1) is 5.69 Å². The van der Waals surface area contributed by atoms with Crippen LogP contribution >= 0.6 is 0 Å². The molecule has 7 nitrogen and oxygen atoms in total. The summed E-state index contributed by atoms with van der Waals surface area (Å²) in [7, 11) is 0. The Morgan fingerprint density at radius 3 is 2.57 bits per heavy atom. The fourth-order valence-corrected chi connectivity index (χ4v) is 5.38. The number of likely N-dealkylation sites (tertiary alicyclic amines) is 1. The summed E-state index contributed by atoms with van der Waals surface area (Å²) < 4.78 is 0. The SMILES string of the molecule is O=C1CCC(N2Cc3cc(-c4cc(CN5CCC5c5ccccc5)ccn4)ccc3C2=O)C(=O)N1. The fourth-order valence-electron chi connectivity index (χ4n) is 5.38. The van der Waals surface area contributed by atoms with Crippen molar-refractivity contribution in [1.82, 2.24) is 20.1 Å². The molecule has 0 spiro atoms. The Hall–Kier alpha value is -3.84. The van der Waals surface area contributed by atoms with E-state index in [2.05, 4.69) is 57.7 Å². The second-order valence-corrected chi connectivity index (χ2v) is 9.51. The summed E-state index contributed by atoms with van der Waals surface area (Å²) >= 11 is 0. The van der Waals surface area contributed by atoms with E-state index < -0.39 is 11.9 Å². The Bertz CT molecular complexity index is 1320. The lowest BCUT2D eigenvalue weighted by Gasteiger charge is -2.41. The molecule has 176 valence electrons. The van der Waals surface area contributed by atoms with Crippen molar-refractivity contribution in [2.24, 2.45) is 0 Å². The van der Waals surface area contributed by atoms with Gasteiger partial charge in [0, 0.05) is 49.4 Å². The standard InChI is InChI=1S/C28H26N4O3/c33-26-9-8-25(27(34)30-26)32-17-21-15-20(6-7-22(21)28(32)35)23-14-18(10-12-29-23)16-31-13-11-24(31)19-4-2-1-3-5-19/h1-7,10,12,14-15,24-25H,8-9,11,13,16-17H2,(H,30,33,34). The molecular formula is C28H26N4O3. The molecule has 0 radical (unpaired) electrons. The minimum atomic E-state index is -0.605. The molecule has 1 N–H and O–H groups in total. The molecule has 2 aromatic carbocycles. The lowest BCUT2D eigenvalue weighted by molar-refractivity contribution is -0.136. The molecule has 0 saturated carbocycles. The van der Waals surface area contributed by atoms with E-state index in [0.717, 1.165) is 29.9 Å². The zero-order valence-electron chi connectivity index (χ0n) is 19.3. The van der Waals surface area contributed by atoms with Gasteiger partial charge in [-0.05, 0) is 53.8 Å². The number of nitrogens with one attached hydrogen (secondary N) is 1. The smallest absolute Gasteiger partial charge is 0.255 e. The van der Waals surface area contributed by atoms with Crippen LogP contribution < -0.4 is 5.32 Å². The van der Waals surface area contributed by atoms with Crippen LogP contribution in [0.15, 0.2) is 66.9 Å². The van der Waals surface area contributed by atoms with Gasteiger partial charge in [-0.25, -0.2) is 0 Å². The van der Waals surface area contributed by atoms with Crippen molar-refractivity contribution in [2.75, 3.05) is 6.54 Å². The van der Waals surface area contributed by atoms with E-state index >= 15 is 0 Å². The molecule has 2 fully saturated rings. The molecule has 0 bridgehead atoms. The van der Waals surface area contributed by atoms with Crippen LogP contribution in [0.2, 0.25) is 0 Å². The quantitative estimate of drug-likeness (QED) is 0.583. The maximum atomic E-state index is 13.0. The maximum absolute atomic E-state index is 13.0. The van der Waals surface area contributed by atoms with Crippen molar-refractivity contribution in [3.63, 3.8) is 0 Å². The zero-order valence-corrected chi connectivity index (χ0v) is 19.3. The summed E-state index contributed by atoms with van der Waals surface area (Å²) in [5.41, 5.74) is 5.88. The Morgan fingerprint density at radius 2 is 1.80 bits per heavy atom. The maximum Gasteiger partial charge on any atom is 0.255 e. The number of imide groups is 1. The predicted octanol–water partition coefficient (Wildman–Crippen LogP) is 3.46. The highest BCUT2D eigenvalue weighted by Crippen LogP contribution is 2.35. The second kappa shape index (κ2) is 8.74. The third-order valence-electron chi connectivity index (χ3n) is 7.34. The summed E-state index contributed by atoms with van der Waals surface area (Å²) in [6.07, 6.45) is 3.63. The molecular weight excluding hydrogens is 440 g/mol. The van der Waals surface area contributed by atoms with Gasteiger partial charge >= 0.3 is 0 Å². The first kappa shape index (κ1) is 21.7. The first-order valence-corrected chi connectivity index (χ1v) is 12.1. The Labute approximate surface area is 203 Å². The zero-order chi connectivity index (χ0) is 23.9. The van der Waals surface area contributed by atoms with Gasteiger partial charge in [0.25, 0.3) is 5.91 Å². The van der Waals surface area contributed by atoms with Crippen molar-refractivity contribution in [2.45, 2.75) is 44.4 Å². The molecule has 1 aromatic heterocycles. The molecule has 4 heterocycles. The van der Waals surface area contributed by atoms with Gasteiger partial charge in [-0.1, -0.05) is 36.4 Å². The normalized spacial score (nSPS) is 22.1. The summed E-state index contributed by atoms with van der Waals surface area (Å²) in [5, 5.41) is 2.35. The summed E-state index contributed by atoms with van der Waals surface area (Å²) in [6, 6.07) is 20.4. The van der Waals surface area contributed by atoms with Gasteiger partial charge < -0.3 is 4.90 Å². The van der Waals surface area contributed by atoms with Crippen molar-refractivity contribution in [3.8, 4) is 11.3 Å². The Morgan fingerprint density at radius 1 is 0.943 bits per heavy atom. The number of nitrogens with zero attached hydrogens (tertiary/aromatic N) is 3. The minimum absolute atomic E-state index is 0.160. The van der Waals surface area contributed by atoms with Gasteiger partial charge in [0.1, 0.15) is 6.04 Å². The molecule has 3 aliphatic heterocycles. The van der Waals surface area contributed by atoms with Crippen LogP contribution in [-0.4, -0.2) is 45.1 Å². The van der Waals surface area contributed by atoms with E-state index in [1.165, 1.54) is 17.5 Å². The Balaban J connectivity index is 1.19. The number of hydrogen-bond donors (Lipinski definition) is 1. The lowest BCUT2D eigenvalue weighted by Crippen LogP contribution is -2.52. The van der Waals surface area contributed by atoms with E-state index in [-0.39, 0.29) is 18.2 Å². The highest BCUT2D eigenvalue weighted by atomic mass is 16.2. The van der Waals surface area contributed by atoms with E-state index in [1.807, 2.05) is 24.4 Å². The van der Waals surface area contributed by atoms with E-state index in [0.29, 0.717) is 24.6 Å². The average Bonchev–Trinajstić information content (AvgIpc) is 3.18. The van der Waals surface area contributed by atoms with Crippen LogP contribution in [0.25, 0.3) is 11.3 Å². The summed E-state index contributed by atoms with van der Waals surface area (Å²) in [4.78, 5) is 45.4. The first-order chi connectivity index (χ1) is 17.1. The number of carbonyl (C=O) groups excluding carboxylic acids is 3. The van der Waals surface area contributed by atoms with Gasteiger partial charge in [-0.3, -0.25) is 29.6 Å². The molecule has 2 unspecified atom stereocenters. The number of carbonyl (C=O) groups is 3. The summed E-state index contributed by atoms with van der Waals surface area (Å²) in [6.45, 7) is 2.30. The van der Waals surface area contributed by atoms with Crippen molar-refractivity contribution in [3.05, 3.63) is 89.1 Å². The fraction of sp³-hybridized carbons (Fsp3) is 0.286. The van der Waals surface area contributed by atoms with Crippen molar-refractivity contribution in [1.29, 1.82) is 0 Å². The minimum Gasteiger partial charge on any atom is -0.322 e. The number of aromatic nitrogens is 1. The van der Waals surface area contributed by atoms with Crippen LogP contribution in [0.3, 0.4) is 0 Å². The van der Waals surface area contributed by atoms with E-state index in [1.54, 1.807) is 4.90 Å². The highest BCUT2D eigenvalue weighted by Gasteiger charge is 2.39. The lowest BCUT2D eigenvalue weighted by atomic mass is 9.94. The number of rotatable bonds is 5. The molecule has 7 heteroatoms. The number of amides is 3. The Kier molecular flexibility index (Phi) is 5.41. The van der Waals surface area contributed by atoms with Crippen LogP contribution in [0.4, 0.5) is 0 Å². The predicted molar refractivity (Wildman–Crippen MR) is 130 cm³/mol. The molecule has 2 saturated heterocycles. The van der Waals surface area contributed by atoms with Gasteiger partial charge in [-0.2, -0.15) is 0 Å². The summed E-state index contributed by atoms with van der Waals surface area (Å²) in [5.74, 6) is -0.832. The molecule has 3 aliphatic rings. The topological polar surface area (TPSA) is 82.6 Å². The van der Waals surface area contributed by atoms with E-state index in [4.69, 9.17) is 0 Å². The average molecular weight is 467 g/mol. The second-order valence-electron chi connectivity index (χ2n) is 9.51. The van der Waals surface area contributed by atoms with E-state index in [9.17, 15) is 14.4 Å². The molecule has 3 amide bonds. The third kappa shape index (κ3) is 4.02. The van der Waals surface area contributed by atoms with Crippen LogP contribution in [-0.2, 0) is 22.7 Å². The highest BCUT2D eigenvalue weighted by molar-refractivity contribution is 6.05. The largest absolute Gasteiger partial charge is 0.322 e. The van der Waals surface area contributed by atoms with Crippen molar-refractivity contribution < 1.29 is 14.4 Å². The van der Waals surface area contributed by atoms with Gasteiger partial charge in [0.2, 0.25) is 11.8 Å². The number of piperidine rings is 1. The van der Waals surface area contributed by atoms with Crippen LogP contribution in [0.1, 0.15) is 52.4 Å². The third-order valence-corrected chi connectivity index (χ3v) is 7.34. The monoisotopic (exact) mass is 466 g/mol. The molecule has 3 aromatic rings. The number of pyridine rings is 1. The molecule has 2 atom stereocenters. The van der Waals surface area contributed by atoms with Crippen molar-refractivity contribution >= 4 is 17.7 Å². The number of hydrogen-bond acceptors (Lipinski definition) is 5. The number of fused-ring (bicyclic) bond motifs is 1. The molecule has 35 heavy (non-hydrogen) atoms. The molecule has 0 aliphatic carbocycles. The van der Waals surface area contributed by atoms with Gasteiger partial charge in [0.15, 0.2) is 0 Å². The number of benzene rings is 2. The van der Waals surface area contributed by atoms with Gasteiger partial charge in [-0.15, -0.1) is 0 Å².